The molecule has 0 amide bonds. The zero-order valence-electron chi connectivity index (χ0n) is 9.01. The van der Waals surface area contributed by atoms with Crippen molar-refractivity contribution in [1.29, 1.82) is 0 Å². The Balaban J connectivity index is 2.05. The van der Waals surface area contributed by atoms with Gasteiger partial charge in [0, 0.05) is 13.2 Å². The SMILES string of the molecule is CC(C)COCC1CCCNCC1. The molecule has 1 rings (SSSR count). The maximum absolute atomic E-state index is 5.66. The minimum Gasteiger partial charge on any atom is -0.381 e. The molecule has 0 radical (unpaired) electrons. The molecule has 0 aliphatic carbocycles. The largest absolute Gasteiger partial charge is 0.381 e. The van der Waals surface area contributed by atoms with Crippen LogP contribution in [-0.4, -0.2) is 26.3 Å². The van der Waals surface area contributed by atoms with Crippen molar-refractivity contribution in [2.75, 3.05) is 26.3 Å². The van der Waals surface area contributed by atoms with Crippen molar-refractivity contribution in [1.82, 2.24) is 5.32 Å². The Kier molecular flexibility index (Phi) is 5.40. The Morgan fingerprint density at radius 1 is 1.31 bits per heavy atom. The summed E-state index contributed by atoms with van der Waals surface area (Å²) in [5.74, 6) is 1.47. The summed E-state index contributed by atoms with van der Waals surface area (Å²) in [6, 6.07) is 0. The van der Waals surface area contributed by atoms with E-state index in [4.69, 9.17) is 4.74 Å². The van der Waals surface area contributed by atoms with Crippen LogP contribution in [0.25, 0.3) is 0 Å². The molecule has 0 aromatic carbocycles. The molecule has 0 spiro atoms. The molecule has 2 heteroatoms. The van der Waals surface area contributed by atoms with Gasteiger partial charge in [0.25, 0.3) is 0 Å². The van der Waals surface area contributed by atoms with Crippen molar-refractivity contribution in [2.45, 2.75) is 33.1 Å². The van der Waals surface area contributed by atoms with Gasteiger partial charge in [-0.3, -0.25) is 0 Å². The number of nitrogens with one attached hydrogen (secondary N) is 1. The second kappa shape index (κ2) is 6.39. The Bertz CT molecular complexity index is 117. The van der Waals surface area contributed by atoms with Crippen LogP contribution in [0.1, 0.15) is 33.1 Å². The zero-order valence-corrected chi connectivity index (χ0v) is 9.01. The summed E-state index contributed by atoms with van der Waals surface area (Å²) in [4.78, 5) is 0. The van der Waals surface area contributed by atoms with Gasteiger partial charge in [-0.2, -0.15) is 0 Å². The molecule has 1 fully saturated rings. The molecule has 1 N–H and O–H groups in total. The second-order valence-corrected chi connectivity index (χ2v) is 4.48. The molecule has 1 saturated heterocycles. The average molecular weight is 185 g/mol. The second-order valence-electron chi connectivity index (χ2n) is 4.48. The van der Waals surface area contributed by atoms with Crippen LogP contribution in [-0.2, 0) is 4.74 Å². The van der Waals surface area contributed by atoms with Gasteiger partial charge < -0.3 is 10.1 Å². The molecule has 2 nitrogen and oxygen atoms in total. The maximum atomic E-state index is 5.66. The highest BCUT2D eigenvalue weighted by molar-refractivity contribution is 4.66. The van der Waals surface area contributed by atoms with Gasteiger partial charge in [-0.1, -0.05) is 13.8 Å². The van der Waals surface area contributed by atoms with E-state index in [0.717, 1.165) is 19.1 Å². The van der Waals surface area contributed by atoms with Crippen molar-refractivity contribution in [2.24, 2.45) is 11.8 Å². The van der Waals surface area contributed by atoms with E-state index < -0.39 is 0 Å². The van der Waals surface area contributed by atoms with Gasteiger partial charge in [0.05, 0.1) is 0 Å². The fourth-order valence-corrected chi connectivity index (χ4v) is 1.73. The highest BCUT2D eigenvalue weighted by atomic mass is 16.5. The van der Waals surface area contributed by atoms with E-state index in [9.17, 15) is 0 Å². The molecule has 0 aromatic rings. The van der Waals surface area contributed by atoms with Crippen LogP contribution in [0, 0.1) is 11.8 Å². The van der Waals surface area contributed by atoms with Crippen LogP contribution in [0.15, 0.2) is 0 Å². The van der Waals surface area contributed by atoms with Crippen LogP contribution in [0.2, 0.25) is 0 Å². The third kappa shape index (κ3) is 5.27. The predicted molar refractivity (Wildman–Crippen MR) is 55.9 cm³/mol. The number of hydrogen-bond donors (Lipinski definition) is 1. The predicted octanol–water partition coefficient (Wildman–Crippen LogP) is 2.05. The minimum atomic E-state index is 0.670. The third-order valence-corrected chi connectivity index (χ3v) is 2.50. The van der Waals surface area contributed by atoms with E-state index in [0.29, 0.717) is 5.92 Å². The lowest BCUT2D eigenvalue weighted by Gasteiger charge is -2.14. The third-order valence-electron chi connectivity index (χ3n) is 2.50. The van der Waals surface area contributed by atoms with Crippen molar-refractivity contribution in [3.63, 3.8) is 0 Å². The van der Waals surface area contributed by atoms with E-state index in [1.807, 2.05) is 0 Å². The van der Waals surface area contributed by atoms with Crippen molar-refractivity contribution < 1.29 is 4.74 Å². The highest BCUT2D eigenvalue weighted by Crippen LogP contribution is 2.13. The first kappa shape index (κ1) is 11.0. The van der Waals surface area contributed by atoms with E-state index in [2.05, 4.69) is 19.2 Å². The van der Waals surface area contributed by atoms with Crippen LogP contribution in [0.3, 0.4) is 0 Å². The molecular weight excluding hydrogens is 162 g/mol. The lowest BCUT2D eigenvalue weighted by atomic mass is 10.0. The molecular formula is C11H23NO. The van der Waals surface area contributed by atoms with Gasteiger partial charge in [0.15, 0.2) is 0 Å². The summed E-state index contributed by atoms with van der Waals surface area (Å²) in [5, 5.41) is 3.42. The van der Waals surface area contributed by atoms with Gasteiger partial charge in [-0.15, -0.1) is 0 Å². The Morgan fingerprint density at radius 2 is 2.15 bits per heavy atom. The van der Waals surface area contributed by atoms with Crippen molar-refractivity contribution in [3.05, 3.63) is 0 Å². The fraction of sp³-hybridized carbons (Fsp3) is 1.00. The molecule has 1 aliphatic rings. The van der Waals surface area contributed by atoms with Crippen molar-refractivity contribution in [3.8, 4) is 0 Å². The van der Waals surface area contributed by atoms with Crippen LogP contribution in [0.5, 0.6) is 0 Å². The van der Waals surface area contributed by atoms with Crippen LogP contribution >= 0.6 is 0 Å². The first-order chi connectivity index (χ1) is 6.29. The molecule has 1 heterocycles. The number of rotatable bonds is 4. The van der Waals surface area contributed by atoms with Crippen LogP contribution < -0.4 is 5.32 Å². The average Bonchev–Trinajstić information content (AvgIpc) is 2.32. The monoisotopic (exact) mass is 185 g/mol. The molecule has 0 bridgehead atoms. The lowest BCUT2D eigenvalue weighted by molar-refractivity contribution is 0.0759. The van der Waals surface area contributed by atoms with Crippen molar-refractivity contribution >= 4 is 0 Å². The van der Waals surface area contributed by atoms with Crippen LogP contribution in [0.4, 0.5) is 0 Å². The minimum absolute atomic E-state index is 0.670. The normalized spacial score (nSPS) is 24.7. The summed E-state index contributed by atoms with van der Waals surface area (Å²) in [5.41, 5.74) is 0. The summed E-state index contributed by atoms with van der Waals surface area (Å²) < 4.78 is 5.66. The van der Waals surface area contributed by atoms with Gasteiger partial charge in [-0.25, -0.2) is 0 Å². The van der Waals surface area contributed by atoms with Gasteiger partial charge >= 0.3 is 0 Å². The van der Waals surface area contributed by atoms with E-state index in [-0.39, 0.29) is 0 Å². The quantitative estimate of drug-likeness (QED) is 0.724. The molecule has 0 aromatic heterocycles. The Hall–Kier alpha value is -0.0800. The first-order valence-electron chi connectivity index (χ1n) is 5.57. The Morgan fingerprint density at radius 3 is 2.92 bits per heavy atom. The maximum Gasteiger partial charge on any atom is 0.0494 e. The standard InChI is InChI=1S/C11H23NO/c1-10(2)8-13-9-11-4-3-6-12-7-5-11/h10-12H,3-9H2,1-2H3. The van der Waals surface area contributed by atoms with E-state index >= 15 is 0 Å². The smallest absolute Gasteiger partial charge is 0.0494 e. The van der Waals surface area contributed by atoms with Gasteiger partial charge in [-0.05, 0) is 44.2 Å². The summed E-state index contributed by atoms with van der Waals surface area (Å²) in [6.45, 7) is 8.67. The number of hydrogen-bond acceptors (Lipinski definition) is 2. The summed E-state index contributed by atoms with van der Waals surface area (Å²) >= 11 is 0. The molecule has 1 atom stereocenters. The molecule has 13 heavy (non-hydrogen) atoms. The van der Waals surface area contributed by atoms with E-state index in [1.54, 1.807) is 0 Å². The molecule has 0 saturated carbocycles. The van der Waals surface area contributed by atoms with Gasteiger partial charge in [0.2, 0.25) is 0 Å². The topological polar surface area (TPSA) is 21.3 Å². The fourth-order valence-electron chi connectivity index (χ4n) is 1.73. The molecule has 78 valence electrons. The number of ether oxygens (including phenoxy) is 1. The van der Waals surface area contributed by atoms with E-state index in [1.165, 1.54) is 32.4 Å². The highest BCUT2D eigenvalue weighted by Gasteiger charge is 2.11. The zero-order chi connectivity index (χ0) is 9.52. The first-order valence-corrected chi connectivity index (χ1v) is 5.57. The lowest BCUT2D eigenvalue weighted by Crippen LogP contribution is -2.16. The molecule has 1 aliphatic heterocycles. The summed E-state index contributed by atoms with van der Waals surface area (Å²) in [6.07, 6.45) is 3.94. The van der Waals surface area contributed by atoms with Gasteiger partial charge in [0.1, 0.15) is 0 Å². The molecule has 1 unspecified atom stereocenters. The Labute approximate surface area is 82.0 Å². The summed E-state index contributed by atoms with van der Waals surface area (Å²) in [7, 11) is 0.